The highest BCUT2D eigenvalue weighted by Gasteiger charge is 2.33. The summed E-state index contributed by atoms with van der Waals surface area (Å²) in [4.78, 5) is 9.69. The van der Waals surface area contributed by atoms with E-state index in [1.807, 2.05) is 22.7 Å². The van der Waals surface area contributed by atoms with Gasteiger partial charge in [-0.15, -0.1) is 45.3 Å². The Bertz CT molecular complexity index is 1750. The van der Waals surface area contributed by atoms with Crippen molar-refractivity contribution < 1.29 is 0 Å². The minimum atomic E-state index is 1.22. The van der Waals surface area contributed by atoms with Gasteiger partial charge in [-0.25, -0.2) is 0 Å². The van der Waals surface area contributed by atoms with Gasteiger partial charge in [-0.05, 0) is 168 Å². The predicted molar refractivity (Wildman–Crippen MR) is 227 cm³/mol. The summed E-state index contributed by atoms with van der Waals surface area (Å²) in [5.41, 5.74) is 16.7. The molecule has 0 saturated carbocycles. The van der Waals surface area contributed by atoms with Crippen LogP contribution < -0.4 is 0 Å². The molecule has 0 aromatic carbocycles. The van der Waals surface area contributed by atoms with Crippen LogP contribution in [0.5, 0.6) is 0 Å². The van der Waals surface area contributed by atoms with Crippen LogP contribution in [0, 0.1) is 0 Å². The molecule has 0 atom stereocenters. The predicted octanol–water partition coefficient (Wildman–Crippen LogP) is 15.5. The first-order valence-electron chi connectivity index (χ1n) is 20.3. The van der Waals surface area contributed by atoms with Gasteiger partial charge in [0.15, 0.2) is 0 Å². The van der Waals surface area contributed by atoms with Gasteiger partial charge in [0, 0.05) is 29.3 Å². The molecule has 0 amide bonds. The number of allylic oxidation sites excluding steroid dienone is 4. The van der Waals surface area contributed by atoms with E-state index in [0.29, 0.717) is 0 Å². The van der Waals surface area contributed by atoms with Crippen LogP contribution in [0.2, 0.25) is 0 Å². The average molecular weight is 737 g/mol. The second kappa shape index (κ2) is 16.4. The number of aryl methyl sites for hydroxylation is 2. The third-order valence-electron chi connectivity index (χ3n) is 12.0. The zero-order chi connectivity index (χ0) is 33.9. The fourth-order valence-corrected chi connectivity index (χ4v) is 14.2. The van der Waals surface area contributed by atoms with Crippen molar-refractivity contribution >= 4 is 79.8 Å². The molecule has 4 aliphatic carbocycles. The van der Waals surface area contributed by atoms with Crippen LogP contribution in [0.15, 0.2) is 22.9 Å². The van der Waals surface area contributed by atoms with Crippen LogP contribution in [0.1, 0.15) is 179 Å². The SMILES string of the molecule is CCCCCCCCc1c(/C=C2\CCc3ccsc32)sc2c1CC/C2=C1\CCc2c1sc(/C=C1\CCc3ccsc31)c2CCCCCCCC. The normalized spacial score (nSPS) is 19.3. The van der Waals surface area contributed by atoms with Gasteiger partial charge < -0.3 is 0 Å². The molecule has 50 heavy (non-hydrogen) atoms. The molecule has 4 aromatic heterocycles. The van der Waals surface area contributed by atoms with Crippen molar-refractivity contribution in [3.8, 4) is 0 Å². The molecule has 0 nitrogen and oxygen atoms in total. The number of fused-ring (bicyclic) bond motifs is 4. The lowest BCUT2D eigenvalue weighted by molar-refractivity contribution is 0.607. The van der Waals surface area contributed by atoms with Crippen molar-refractivity contribution in [2.45, 2.75) is 155 Å². The van der Waals surface area contributed by atoms with Gasteiger partial charge in [0.05, 0.1) is 0 Å². The number of unbranched alkanes of at least 4 members (excludes halogenated alkanes) is 10. The minimum Gasteiger partial charge on any atom is -0.144 e. The van der Waals surface area contributed by atoms with Crippen LogP contribution in [0.25, 0.3) is 34.4 Å². The van der Waals surface area contributed by atoms with Gasteiger partial charge in [-0.2, -0.15) is 0 Å². The first kappa shape index (κ1) is 35.1. The number of rotatable bonds is 16. The average Bonchev–Trinajstić information content (AvgIpc) is 3.96. The van der Waals surface area contributed by atoms with Gasteiger partial charge in [0.1, 0.15) is 0 Å². The summed E-state index contributed by atoms with van der Waals surface area (Å²) >= 11 is 8.27. The van der Waals surface area contributed by atoms with Crippen LogP contribution in [-0.2, 0) is 38.5 Å². The quantitative estimate of drug-likeness (QED) is 0.100. The van der Waals surface area contributed by atoms with Gasteiger partial charge >= 0.3 is 0 Å². The summed E-state index contributed by atoms with van der Waals surface area (Å²) in [6.07, 6.45) is 34.3. The van der Waals surface area contributed by atoms with Crippen LogP contribution in [0.3, 0.4) is 0 Å². The third kappa shape index (κ3) is 7.17. The van der Waals surface area contributed by atoms with Gasteiger partial charge in [-0.1, -0.05) is 78.1 Å². The number of hydrogen-bond donors (Lipinski definition) is 0. The van der Waals surface area contributed by atoms with Gasteiger partial charge in [0.25, 0.3) is 0 Å². The number of hydrogen-bond acceptors (Lipinski definition) is 4. The van der Waals surface area contributed by atoms with E-state index in [1.54, 1.807) is 84.9 Å². The zero-order valence-electron chi connectivity index (χ0n) is 30.7. The molecule has 4 heteroatoms. The molecule has 0 N–H and O–H groups in total. The molecular formula is C46H56S4. The summed E-state index contributed by atoms with van der Waals surface area (Å²) in [6.45, 7) is 4.66. The first-order valence-corrected chi connectivity index (χ1v) is 23.7. The standard InChI is InChI=1S/C46H56S4/c1-3-5-7-9-11-13-15-35-37-21-23-39(45(37)49-41(35)29-33-19-17-31-25-27-47-43(31)33)40-24-22-38-36(16-14-12-10-8-6-4-2)42(50-46(38)40)30-34-20-18-32-26-28-48-44(32)34/h25-30H,3-24H2,1-2H3/b33-29+,34-30+,40-39-. The summed E-state index contributed by atoms with van der Waals surface area (Å²) in [5.74, 6) is 0. The van der Waals surface area contributed by atoms with E-state index in [4.69, 9.17) is 0 Å². The highest BCUT2D eigenvalue weighted by molar-refractivity contribution is 7.16. The fourth-order valence-electron chi connectivity index (χ4n) is 9.29. The largest absolute Gasteiger partial charge is 0.144 e. The number of thiophene rings is 4. The maximum atomic E-state index is 2.65. The molecule has 4 aromatic rings. The first-order chi connectivity index (χ1) is 24.7. The van der Waals surface area contributed by atoms with Crippen molar-refractivity contribution in [1.29, 1.82) is 0 Å². The molecule has 0 unspecified atom stereocenters. The Hall–Kier alpha value is -1.98. The molecule has 0 aliphatic heterocycles. The molecule has 0 fully saturated rings. The Kier molecular flexibility index (Phi) is 11.5. The molecule has 8 rings (SSSR count). The van der Waals surface area contributed by atoms with Gasteiger partial charge in [-0.3, -0.25) is 0 Å². The van der Waals surface area contributed by atoms with E-state index in [9.17, 15) is 0 Å². The Labute approximate surface area is 318 Å². The van der Waals surface area contributed by atoms with Crippen LogP contribution >= 0.6 is 45.3 Å². The summed E-state index contributed by atoms with van der Waals surface area (Å²) in [6, 6.07) is 4.73. The molecule has 264 valence electrons. The summed E-state index contributed by atoms with van der Waals surface area (Å²) in [5, 5.41) is 4.61. The Morgan fingerprint density at radius 2 is 0.920 bits per heavy atom. The maximum Gasteiger partial charge on any atom is 0.0347 e. The van der Waals surface area contributed by atoms with Crippen molar-refractivity contribution in [1.82, 2.24) is 0 Å². The van der Waals surface area contributed by atoms with E-state index in [1.165, 1.54) is 141 Å². The molecule has 4 aliphatic rings. The fraction of sp³-hybridized carbons (Fsp3) is 0.522. The highest BCUT2D eigenvalue weighted by Crippen LogP contribution is 2.53. The van der Waals surface area contributed by atoms with Crippen molar-refractivity contribution in [3.63, 3.8) is 0 Å². The Morgan fingerprint density at radius 1 is 0.480 bits per heavy atom. The maximum absolute atomic E-state index is 2.65. The Balaban J connectivity index is 1.12. The molecular weight excluding hydrogens is 681 g/mol. The highest BCUT2D eigenvalue weighted by atomic mass is 32.1. The van der Waals surface area contributed by atoms with Crippen molar-refractivity contribution in [3.05, 3.63) is 85.5 Å². The monoisotopic (exact) mass is 736 g/mol. The van der Waals surface area contributed by atoms with E-state index in [2.05, 4.69) is 71.6 Å². The summed E-state index contributed by atoms with van der Waals surface area (Å²) < 4.78 is 0. The van der Waals surface area contributed by atoms with Gasteiger partial charge in [0.2, 0.25) is 0 Å². The lowest BCUT2D eigenvalue weighted by Crippen LogP contribution is -1.92. The Morgan fingerprint density at radius 3 is 1.38 bits per heavy atom. The molecule has 0 saturated heterocycles. The topological polar surface area (TPSA) is 0 Å². The second-order valence-corrected chi connectivity index (χ2v) is 19.3. The van der Waals surface area contributed by atoms with Crippen LogP contribution in [0.4, 0.5) is 0 Å². The third-order valence-corrected chi connectivity index (χ3v) is 16.7. The second-order valence-electron chi connectivity index (χ2n) is 15.4. The van der Waals surface area contributed by atoms with E-state index in [-0.39, 0.29) is 0 Å². The zero-order valence-corrected chi connectivity index (χ0v) is 33.9. The van der Waals surface area contributed by atoms with E-state index in [0.717, 1.165) is 0 Å². The smallest absolute Gasteiger partial charge is 0.0347 e. The lowest BCUT2D eigenvalue weighted by Gasteiger charge is -2.06. The van der Waals surface area contributed by atoms with Crippen molar-refractivity contribution in [2.75, 3.05) is 0 Å². The molecule has 0 bridgehead atoms. The van der Waals surface area contributed by atoms with E-state index >= 15 is 0 Å². The van der Waals surface area contributed by atoms with Crippen molar-refractivity contribution in [2.24, 2.45) is 0 Å². The van der Waals surface area contributed by atoms with E-state index < -0.39 is 0 Å². The lowest BCUT2D eigenvalue weighted by atomic mass is 9.99. The minimum absolute atomic E-state index is 1.22. The van der Waals surface area contributed by atoms with Crippen LogP contribution in [-0.4, -0.2) is 0 Å². The molecule has 0 spiro atoms. The molecule has 0 radical (unpaired) electrons. The summed E-state index contributed by atoms with van der Waals surface area (Å²) in [7, 11) is 0. The molecule has 4 heterocycles.